The van der Waals surface area contributed by atoms with Gasteiger partial charge in [-0.25, -0.2) is 5.06 Å². The molecule has 0 radical (unpaired) electrons. The average molecular weight is 408 g/mol. The molecule has 0 aromatic carbocycles. The van der Waals surface area contributed by atoms with Crippen molar-refractivity contribution in [2.45, 2.75) is 77.2 Å². The molecule has 4 fully saturated rings. The predicted molar refractivity (Wildman–Crippen MR) is 112 cm³/mol. The van der Waals surface area contributed by atoms with Gasteiger partial charge in [-0.15, -0.1) is 0 Å². The van der Waals surface area contributed by atoms with Crippen molar-refractivity contribution in [2.75, 3.05) is 27.9 Å². The molecule has 1 N–H and O–H groups in total. The Kier molecular flexibility index (Phi) is 5.57. The van der Waals surface area contributed by atoms with Crippen LogP contribution in [0.2, 0.25) is 0 Å². The number of carbonyl (C=O) groups is 1. The highest BCUT2D eigenvalue weighted by Gasteiger charge is 2.62. The second kappa shape index (κ2) is 7.49. The van der Waals surface area contributed by atoms with E-state index in [1.54, 1.807) is 21.3 Å². The summed E-state index contributed by atoms with van der Waals surface area (Å²) in [5.74, 6) is 2.98. The second-order valence-electron chi connectivity index (χ2n) is 11.2. The summed E-state index contributed by atoms with van der Waals surface area (Å²) in [7, 11) is 5.03. The summed E-state index contributed by atoms with van der Waals surface area (Å²) < 4.78 is 5.34. The Labute approximate surface area is 176 Å². The maximum absolute atomic E-state index is 13.0. The molecular formula is C24H41NO4. The van der Waals surface area contributed by atoms with E-state index in [2.05, 4.69) is 13.8 Å². The van der Waals surface area contributed by atoms with E-state index in [0.29, 0.717) is 23.9 Å². The first-order valence-electron chi connectivity index (χ1n) is 11.7. The highest BCUT2D eigenvalue weighted by atomic mass is 16.7. The molecule has 4 rings (SSSR count). The number of rotatable bonds is 4. The normalized spacial score (nSPS) is 49.1. The lowest BCUT2D eigenvalue weighted by molar-refractivity contribution is -0.184. The molecule has 0 spiro atoms. The van der Waals surface area contributed by atoms with E-state index >= 15 is 0 Å². The van der Waals surface area contributed by atoms with Gasteiger partial charge in [0, 0.05) is 20.1 Å². The first kappa shape index (κ1) is 21.6. The fourth-order valence-corrected chi connectivity index (χ4v) is 8.44. The summed E-state index contributed by atoms with van der Waals surface area (Å²) in [6, 6.07) is 0. The first-order valence-corrected chi connectivity index (χ1v) is 11.7. The van der Waals surface area contributed by atoms with Crippen molar-refractivity contribution >= 4 is 5.91 Å². The molecule has 29 heavy (non-hydrogen) atoms. The lowest BCUT2D eigenvalue weighted by Crippen LogP contribution is -2.57. The molecule has 0 bridgehead atoms. The monoisotopic (exact) mass is 407 g/mol. The molecule has 5 nitrogen and oxygen atoms in total. The van der Waals surface area contributed by atoms with Gasteiger partial charge in [0.05, 0.1) is 19.3 Å². The van der Waals surface area contributed by atoms with E-state index < -0.39 is 5.60 Å². The maximum Gasteiger partial charge on any atom is 0.249 e. The Hall–Kier alpha value is -0.650. The van der Waals surface area contributed by atoms with Gasteiger partial charge in [-0.2, -0.15) is 0 Å². The third-order valence-electron chi connectivity index (χ3n) is 10.1. The Morgan fingerprint density at radius 2 is 1.72 bits per heavy atom. The number of methoxy groups -OCH3 is 1. The Morgan fingerprint density at radius 1 is 1.00 bits per heavy atom. The lowest BCUT2D eigenvalue weighted by Gasteiger charge is -2.62. The molecule has 0 heterocycles. The Bertz CT molecular complexity index is 640. The molecule has 1 amide bonds. The van der Waals surface area contributed by atoms with Gasteiger partial charge < -0.3 is 9.84 Å². The summed E-state index contributed by atoms with van der Waals surface area (Å²) in [5, 5.41) is 12.4. The van der Waals surface area contributed by atoms with Gasteiger partial charge in [0.2, 0.25) is 5.91 Å². The number of ether oxygens (including phenoxy) is 1. The van der Waals surface area contributed by atoms with Gasteiger partial charge in [0.15, 0.2) is 0 Å². The third kappa shape index (κ3) is 3.27. The number of hydroxylamine groups is 2. The lowest BCUT2D eigenvalue weighted by atomic mass is 9.44. The van der Waals surface area contributed by atoms with E-state index in [-0.39, 0.29) is 17.2 Å². The minimum atomic E-state index is -0.634. The van der Waals surface area contributed by atoms with Crippen molar-refractivity contribution in [3.63, 3.8) is 0 Å². The van der Waals surface area contributed by atoms with Crippen molar-refractivity contribution in [1.82, 2.24) is 5.06 Å². The summed E-state index contributed by atoms with van der Waals surface area (Å²) in [6.07, 6.45) is 9.90. The molecule has 0 aliphatic heterocycles. The van der Waals surface area contributed by atoms with Crippen molar-refractivity contribution < 1.29 is 19.5 Å². The van der Waals surface area contributed by atoms with Crippen LogP contribution in [0.15, 0.2) is 0 Å². The van der Waals surface area contributed by atoms with Crippen molar-refractivity contribution in [3.05, 3.63) is 0 Å². The van der Waals surface area contributed by atoms with Crippen LogP contribution in [0, 0.1) is 40.4 Å². The molecule has 0 unspecified atom stereocenters. The zero-order chi connectivity index (χ0) is 21.0. The summed E-state index contributed by atoms with van der Waals surface area (Å²) in [4.78, 5) is 18.2. The molecule has 4 aliphatic carbocycles. The SMILES string of the molecule is COC[C@@]1(O)CC[C@@]2(C)[C@H](CC[C@@H]3[C@@H]2CC[C@]2(C)[C@@H](C(=O)N(C)OC)CC[C@@H]32)C1. The van der Waals surface area contributed by atoms with Gasteiger partial charge in [-0.05, 0) is 92.3 Å². The standard InChI is InChI=1S/C24H41NO4/c1-22-12-13-24(27,15-28-4)14-16(22)6-7-17-18-8-9-20(21(26)25(3)29-5)23(18,2)11-10-19(17)22/h16-20,27H,6-15H2,1-5H3/t16-,17+,18+,19+,20-,22+,23+,24-/m1/s1. The van der Waals surface area contributed by atoms with Gasteiger partial charge in [-0.1, -0.05) is 13.8 Å². The average Bonchev–Trinajstić information content (AvgIpc) is 3.05. The minimum absolute atomic E-state index is 0.0991. The number of hydrogen-bond donors (Lipinski definition) is 1. The summed E-state index contributed by atoms with van der Waals surface area (Å²) in [5.41, 5.74) is -0.195. The Morgan fingerprint density at radius 3 is 2.41 bits per heavy atom. The molecule has 166 valence electrons. The number of hydrogen-bond acceptors (Lipinski definition) is 4. The van der Waals surface area contributed by atoms with Crippen LogP contribution in [0.5, 0.6) is 0 Å². The maximum atomic E-state index is 13.0. The van der Waals surface area contributed by atoms with Crippen LogP contribution in [-0.4, -0.2) is 49.6 Å². The van der Waals surface area contributed by atoms with E-state index in [1.807, 2.05) is 0 Å². The molecule has 8 atom stereocenters. The molecule has 0 aromatic rings. The molecule has 0 aromatic heterocycles. The van der Waals surface area contributed by atoms with Crippen molar-refractivity contribution in [3.8, 4) is 0 Å². The highest BCUT2D eigenvalue weighted by Crippen LogP contribution is 2.68. The summed E-state index contributed by atoms with van der Waals surface area (Å²) >= 11 is 0. The van der Waals surface area contributed by atoms with Crippen LogP contribution in [0.1, 0.15) is 71.6 Å². The van der Waals surface area contributed by atoms with E-state index in [1.165, 1.54) is 30.7 Å². The largest absolute Gasteiger partial charge is 0.387 e. The molecular weight excluding hydrogens is 366 g/mol. The number of fused-ring (bicyclic) bond motifs is 5. The van der Waals surface area contributed by atoms with Gasteiger partial charge in [-0.3, -0.25) is 9.63 Å². The number of amides is 1. The van der Waals surface area contributed by atoms with E-state index in [9.17, 15) is 9.90 Å². The zero-order valence-electron chi connectivity index (χ0n) is 19.1. The quantitative estimate of drug-likeness (QED) is 0.715. The molecule has 4 aliphatic rings. The molecule has 4 saturated carbocycles. The van der Waals surface area contributed by atoms with E-state index in [4.69, 9.17) is 9.57 Å². The summed E-state index contributed by atoms with van der Waals surface area (Å²) in [6.45, 7) is 5.37. The fraction of sp³-hybridized carbons (Fsp3) is 0.958. The van der Waals surface area contributed by atoms with Crippen LogP contribution in [0.3, 0.4) is 0 Å². The highest BCUT2D eigenvalue weighted by molar-refractivity contribution is 5.79. The van der Waals surface area contributed by atoms with Crippen molar-refractivity contribution in [2.24, 2.45) is 40.4 Å². The minimum Gasteiger partial charge on any atom is -0.387 e. The van der Waals surface area contributed by atoms with Crippen molar-refractivity contribution in [1.29, 1.82) is 0 Å². The topological polar surface area (TPSA) is 59.0 Å². The van der Waals surface area contributed by atoms with E-state index in [0.717, 1.165) is 43.9 Å². The van der Waals surface area contributed by atoms with Gasteiger partial charge in [0.25, 0.3) is 0 Å². The van der Waals surface area contributed by atoms with Crippen LogP contribution in [0.25, 0.3) is 0 Å². The number of nitrogens with zero attached hydrogens (tertiary/aromatic N) is 1. The van der Waals surface area contributed by atoms with Crippen LogP contribution >= 0.6 is 0 Å². The molecule has 5 heteroatoms. The fourth-order valence-electron chi connectivity index (χ4n) is 8.44. The number of carbonyl (C=O) groups excluding carboxylic acids is 1. The predicted octanol–water partition coefficient (Wildman–Crippen LogP) is 4.04. The van der Waals surface area contributed by atoms with Gasteiger partial charge >= 0.3 is 0 Å². The first-order chi connectivity index (χ1) is 13.7. The van der Waals surface area contributed by atoms with Gasteiger partial charge in [0.1, 0.15) is 0 Å². The van der Waals surface area contributed by atoms with Crippen LogP contribution in [-0.2, 0) is 14.4 Å². The Balaban J connectivity index is 1.54. The third-order valence-corrected chi connectivity index (χ3v) is 10.1. The second-order valence-corrected chi connectivity index (χ2v) is 11.2. The van der Waals surface area contributed by atoms with Crippen LogP contribution in [0.4, 0.5) is 0 Å². The molecule has 0 saturated heterocycles. The smallest absolute Gasteiger partial charge is 0.249 e. The zero-order valence-corrected chi connectivity index (χ0v) is 19.1. The number of aliphatic hydroxyl groups is 1. The van der Waals surface area contributed by atoms with Crippen LogP contribution < -0.4 is 0 Å².